The molecule has 0 radical (unpaired) electrons. The van der Waals surface area contributed by atoms with Crippen LogP contribution in [0.3, 0.4) is 0 Å². The normalized spacial score (nSPS) is 17.5. The van der Waals surface area contributed by atoms with Crippen LogP contribution in [0, 0.1) is 11.3 Å². The molecule has 2 aliphatic rings. The van der Waals surface area contributed by atoms with Crippen molar-refractivity contribution in [1.82, 2.24) is 25.1 Å². The van der Waals surface area contributed by atoms with Crippen LogP contribution in [0.2, 0.25) is 0 Å². The number of nitrogens with one attached hydrogen (secondary N) is 1. The highest BCUT2D eigenvalue weighted by Crippen LogP contribution is 2.29. The SMILES string of the molecule is N#Cc1cc(-c2ccnc(Cc3cnn(C4CCNCC4)c3)n2)ccc1OC1CCCCC1. The van der Waals surface area contributed by atoms with E-state index < -0.39 is 0 Å². The number of nitriles is 1. The summed E-state index contributed by atoms with van der Waals surface area (Å²) >= 11 is 0. The molecule has 1 aliphatic carbocycles. The van der Waals surface area contributed by atoms with Gasteiger partial charge in [-0.15, -0.1) is 0 Å². The maximum atomic E-state index is 9.70. The van der Waals surface area contributed by atoms with Crippen LogP contribution in [0.4, 0.5) is 0 Å². The van der Waals surface area contributed by atoms with Gasteiger partial charge in [0.05, 0.1) is 29.6 Å². The molecular formula is C26H30N6O. The third kappa shape index (κ3) is 5.23. The van der Waals surface area contributed by atoms with Crippen molar-refractivity contribution in [2.75, 3.05) is 13.1 Å². The number of hydrogen-bond donors (Lipinski definition) is 1. The molecule has 170 valence electrons. The molecule has 1 saturated carbocycles. The Labute approximate surface area is 194 Å². The summed E-state index contributed by atoms with van der Waals surface area (Å²) in [4.78, 5) is 9.24. The molecule has 2 fully saturated rings. The molecule has 1 saturated heterocycles. The molecule has 1 aromatic carbocycles. The number of piperidine rings is 1. The molecule has 0 unspecified atom stereocenters. The first-order valence-corrected chi connectivity index (χ1v) is 12.1. The molecular weight excluding hydrogens is 412 g/mol. The van der Waals surface area contributed by atoms with Crippen LogP contribution < -0.4 is 10.1 Å². The fourth-order valence-corrected chi connectivity index (χ4v) is 4.81. The van der Waals surface area contributed by atoms with Crippen molar-refractivity contribution in [1.29, 1.82) is 5.26 Å². The molecule has 5 rings (SSSR count). The highest BCUT2D eigenvalue weighted by molar-refractivity contribution is 5.64. The second kappa shape index (κ2) is 10.1. The molecule has 7 heteroatoms. The first kappa shape index (κ1) is 21.6. The number of rotatable bonds is 6. The minimum absolute atomic E-state index is 0.216. The fraction of sp³-hybridized carbons (Fsp3) is 0.462. The van der Waals surface area contributed by atoms with E-state index in [1.54, 1.807) is 6.20 Å². The van der Waals surface area contributed by atoms with Gasteiger partial charge in [0.2, 0.25) is 0 Å². The monoisotopic (exact) mass is 442 g/mol. The van der Waals surface area contributed by atoms with Gasteiger partial charge in [0, 0.05) is 24.4 Å². The van der Waals surface area contributed by atoms with Crippen LogP contribution in [-0.2, 0) is 6.42 Å². The van der Waals surface area contributed by atoms with Gasteiger partial charge in [-0.1, -0.05) is 6.42 Å². The molecule has 0 bridgehead atoms. The zero-order valence-electron chi connectivity index (χ0n) is 18.9. The summed E-state index contributed by atoms with van der Waals surface area (Å²) < 4.78 is 8.24. The maximum Gasteiger partial charge on any atom is 0.137 e. The average Bonchev–Trinajstić information content (AvgIpc) is 3.34. The summed E-state index contributed by atoms with van der Waals surface area (Å²) in [5.74, 6) is 1.42. The lowest BCUT2D eigenvalue weighted by Gasteiger charge is -2.23. The van der Waals surface area contributed by atoms with E-state index in [2.05, 4.69) is 32.3 Å². The second-order valence-electron chi connectivity index (χ2n) is 9.05. The zero-order chi connectivity index (χ0) is 22.5. The Morgan fingerprint density at radius 2 is 1.94 bits per heavy atom. The van der Waals surface area contributed by atoms with Crippen molar-refractivity contribution in [3.8, 4) is 23.1 Å². The lowest BCUT2D eigenvalue weighted by atomic mass is 9.97. The van der Waals surface area contributed by atoms with E-state index in [9.17, 15) is 5.26 Å². The first-order valence-electron chi connectivity index (χ1n) is 12.1. The van der Waals surface area contributed by atoms with Crippen LogP contribution >= 0.6 is 0 Å². The van der Waals surface area contributed by atoms with E-state index in [-0.39, 0.29) is 6.10 Å². The van der Waals surface area contributed by atoms with E-state index in [1.165, 1.54) is 19.3 Å². The van der Waals surface area contributed by atoms with Gasteiger partial charge in [0.25, 0.3) is 0 Å². The van der Waals surface area contributed by atoms with Crippen molar-refractivity contribution in [2.45, 2.75) is 63.5 Å². The van der Waals surface area contributed by atoms with Crippen LogP contribution in [0.1, 0.15) is 67.9 Å². The van der Waals surface area contributed by atoms with Gasteiger partial charge in [0.1, 0.15) is 17.6 Å². The molecule has 0 amide bonds. The van der Waals surface area contributed by atoms with E-state index in [0.29, 0.717) is 23.8 Å². The summed E-state index contributed by atoms with van der Waals surface area (Å²) in [6, 6.07) is 10.4. The van der Waals surface area contributed by atoms with Crippen LogP contribution in [0.15, 0.2) is 42.9 Å². The summed E-state index contributed by atoms with van der Waals surface area (Å²) in [5, 5.41) is 17.7. The largest absolute Gasteiger partial charge is 0.489 e. The topological polar surface area (TPSA) is 88.7 Å². The number of nitrogens with zero attached hydrogens (tertiary/aromatic N) is 5. The smallest absolute Gasteiger partial charge is 0.137 e. The maximum absolute atomic E-state index is 9.70. The van der Waals surface area contributed by atoms with Gasteiger partial charge >= 0.3 is 0 Å². The predicted molar refractivity (Wildman–Crippen MR) is 126 cm³/mol. The zero-order valence-corrected chi connectivity index (χ0v) is 18.9. The third-order valence-electron chi connectivity index (χ3n) is 6.65. The number of benzene rings is 1. The summed E-state index contributed by atoms with van der Waals surface area (Å²) in [7, 11) is 0. The minimum Gasteiger partial charge on any atom is -0.489 e. The van der Waals surface area contributed by atoms with Crippen molar-refractivity contribution < 1.29 is 4.74 Å². The quantitative estimate of drug-likeness (QED) is 0.607. The van der Waals surface area contributed by atoms with Gasteiger partial charge in [-0.2, -0.15) is 10.4 Å². The van der Waals surface area contributed by atoms with Gasteiger partial charge in [-0.05, 0) is 81.4 Å². The molecule has 3 aromatic rings. The first-order chi connectivity index (χ1) is 16.3. The van der Waals surface area contributed by atoms with Gasteiger partial charge in [-0.25, -0.2) is 9.97 Å². The number of ether oxygens (including phenoxy) is 1. The lowest BCUT2D eigenvalue weighted by molar-refractivity contribution is 0.154. The van der Waals surface area contributed by atoms with Gasteiger partial charge in [0.15, 0.2) is 0 Å². The number of hydrogen-bond acceptors (Lipinski definition) is 6. The third-order valence-corrected chi connectivity index (χ3v) is 6.65. The summed E-state index contributed by atoms with van der Waals surface area (Å²) in [5.41, 5.74) is 3.38. The van der Waals surface area contributed by atoms with Crippen molar-refractivity contribution in [3.63, 3.8) is 0 Å². The van der Waals surface area contributed by atoms with E-state index in [1.807, 2.05) is 30.5 Å². The van der Waals surface area contributed by atoms with Gasteiger partial charge in [-0.3, -0.25) is 4.68 Å². The number of aromatic nitrogens is 4. The molecule has 3 heterocycles. The van der Waals surface area contributed by atoms with Crippen LogP contribution in [-0.4, -0.2) is 38.9 Å². The van der Waals surface area contributed by atoms with Crippen LogP contribution in [0.5, 0.6) is 5.75 Å². The summed E-state index contributed by atoms with van der Waals surface area (Å²) in [6.07, 6.45) is 14.7. The molecule has 0 spiro atoms. The van der Waals surface area contributed by atoms with Crippen molar-refractivity contribution >= 4 is 0 Å². The lowest BCUT2D eigenvalue weighted by Crippen LogP contribution is -2.29. The fourth-order valence-electron chi connectivity index (χ4n) is 4.81. The Balaban J connectivity index is 1.30. The molecule has 0 atom stereocenters. The standard InChI is InChI=1S/C26H30N6O/c27-16-21-15-20(6-7-25(21)33-23-4-2-1-3-5-23)24-10-13-29-26(31-24)14-19-17-30-32(18-19)22-8-11-28-12-9-22/h6-7,10,13,15,17-18,22-23,28H,1-5,8-9,11-12,14H2. The Morgan fingerprint density at radius 1 is 1.09 bits per heavy atom. The van der Waals surface area contributed by atoms with Crippen molar-refractivity contribution in [2.24, 2.45) is 0 Å². The molecule has 1 N–H and O–H groups in total. The second-order valence-corrected chi connectivity index (χ2v) is 9.05. The highest BCUT2D eigenvalue weighted by Gasteiger charge is 2.18. The van der Waals surface area contributed by atoms with E-state index in [4.69, 9.17) is 9.72 Å². The Morgan fingerprint density at radius 3 is 2.76 bits per heavy atom. The summed E-state index contributed by atoms with van der Waals surface area (Å²) in [6.45, 7) is 2.08. The Bertz CT molecular complexity index is 1120. The molecule has 33 heavy (non-hydrogen) atoms. The average molecular weight is 443 g/mol. The van der Waals surface area contributed by atoms with Crippen molar-refractivity contribution in [3.05, 3.63) is 59.8 Å². The van der Waals surface area contributed by atoms with E-state index in [0.717, 1.165) is 61.4 Å². The molecule has 7 nitrogen and oxygen atoms in total. The Kier molecular flexibility index (Phi) is 6.63. The minimum atomic E-state index is 0.216. The van der Waals surface area contributed by atoms with E-state index >= 15 is 0 Å². The van der Waals surface area contributed by atoms with Gasteiger partial charge < -0.3 is 10.1 Å². The molecule has 1 aliphatic heterocycles. The van der Waals surface area contributed by atoms with Crippen LogP contribution in [0.25, 0.3) is 11.3 Å². The Hall–Kier alpha value is -3.24. The predicted octanol–water partition coefficient (Wildman–Crippen LogP) is 4.44. The highest BCUT2D eigenvalue weighted by atomic mass is 16.5. The molecule has 2 aromatic heterocycles.